The lowest BCUT2D eigenvalue weighted by atomic mass is 10.1. The van der Waals surface area contributed by atoms with Crippen molar-refractivity contribution in [2.75, 3.05) is 0 Å². The molecule has 0 aliphatic carbocycles. The molecule has 0 unspecified atom stereocenters. The second-order valence-corrected chi connectivity index (χ2v) is 6.03. The van der Waals surface area contributed by atoms with E-state index in [1.165, 1.54) is 6.07 Å². The van der Waals surface area contributed by atoms with Gasteiger partial charge in [-0.3, -0.25) is 0 Å². The number of nitrogens with zero attached hydrogens (tertiary/aromatic N) is 1. The van der Waals surface area contributed by atoms with Crippen LogP contribution in [0.3, 0.4) is 0 Å². The molecule has 1 aromatic carbocycles. The van der Waals surface area contributed by atoms with Crippen molar-refractivity contribution < 1.29 is 27.1 Å². The first-order valence-electron chi connectivity index (χ1n) is 5.58. The van der Waals surface area contributed by atoms with E-state index in [0.29, 0.717) is 0 Å². The van der Waals surface area contributed by atoms with Crippen LogP contribution in [0.4, 0.5) is 4.39 Å². The highest BCUT2D eigenvalue weighted by molar-refractivity contribution is 7.90. The molecular weight excluding hydrogens is 301 g/mol. The fraction of sp³-hybridized carbons (Fsp3) is 0.0769. The smallest absolute Gasteiger partial charge is 0.371 e. The third-order valence-electron chi connectivity index (χ3n) is 2.61. The van der Waals surface area contributed by atoms with Crippen LogP contribution in [-0.4, -0.2) is 19.5 Å². The van der Waals surface area contributed by atoms with Crippen molar-refractivity contribution in [3.8, 4) is 6.07 Å². The molecule has 108 valence electrons. The summed E-state index contributed by atoms with van der Waals surface area (Å²) in [6, 6.07) is 7.02. The van der Waals surface area contributed by atoms with Gasteiger partial charge in [0.1, 0.15) is 11.9 Å². The van der Waals surface area contributed by atoms with Gasteiger partial charge < -0.3 is 9.52 Å². The van der Waals surface area contributed by atoms with Gasteiger partial charge in [-0.25, -0.2) is 17.6 Å². The number of carbonyl (C=O) groups is 1. The lowest BCUT2D eigenvalue weighted by molar-refractivity contribution is 0.0656. The number of furan rings is 1. The maximum Gasteiger partial charge on any atom is 0.371 e. The zero-order valence-electron chi connectivity index (χ0n) is 10.4. The van der Waals surface area contributed by atoms with Gasteiger partial charge in [-0.1, -0.05) is 6.07 Å². The first-order valence-corrected chi connectivity index (χ1v) is 7.23. The molecule has 0 aliphatic rings. The van der Waals surface area contributed by atoms with Crippen molar-refractivity contribution in [1.29, 1.82) is 5.26 Å². The van der Waals surface area contributed by atoms with E-state index < -0.39 is 38.2 Å². The van der Waals surface area contributed by atoms with Crippen molar-refractivity contribution in [3.63, 3.8) is 0 Å². The Bertz CT molecular complexity index is 848. The largest absolute Gasteiger partial charge is 0.475 e. The van der Waals surface area contributed by atoms with E-state index in [4.69, 9.17) is 14.8 Å². The van der Waals surface area contributed by atoms with Gasteiger partial charge in [0, 0.05) is 0 Å². The summed E-state index contributed by atoms with van der Waals surface area (Å²) in [4.78, 5) is 10.7. The third-order valence-corrected chi connectivity index (χ3v) is 4.15. The van der Waals surface area contributed by atoms with Gasteiger partial charge in [-0.15, -0.1) is 0 Å². The van der Waals surface area contributed by atoms with E-state index in [-0.39, 0.29) is 11.1 Å². The monoisotopic (exact) mass is 309 g/mol. The quantitative estimate of drug-likeness (QED) is 0.924. The molecule has 0 amide bonds. The van der Waals surface area contributed by atoms with E-state index in [0.717, 1.165) is 24.3 Å². The number of halogens is 1. The van der Waals surface area contributed by atoms with Gasteiger partial charge in [0.25, 0.3) is 0 Å². The van der Waals surface area contributed by atoms with Crippen LogP contribution in [0.15, 0.2) is 39.8 Å². The van der Waals surface area contributed by atoms with Gasteiger partial charge in [0.2, 0.25) is 20.7 Å². The Balaban J connectivity index is 2.33. The highest BCUT2D eigenvalue weighted by Gasteiger charge is 2.22. The van der Waals surface area contributed by atoms with Gasteiger partial charge >= 0.3 is 5.97 Å². The molecule has 0 saturated carbocycles. The number of benzene rings is 1. The molecular formula is C13H8FNO5S. The number of hydrogen-bond donors (Lipinski definition) is 1. The lowest BCUT2D eigenvalue weighted by Crippen LogP contribution is -2.04. The predicted octanol–water partition coefficient (Wildman–Crippen LogP) is 1.96. The number of rotatable bonds is 4. The normalized spacial score (nSPS) is 11.0. The van der Waals surface area contributed by atoms with Crippen molar-refractivity contribution in [2.45, 2.75) is 10.8 Å². The van der Waals surface area contributed by atoms with E-state index in [2.05, 4.69) is 0 Å². The molecule has 6 nitrogen and oxygen atoms in total. The zero-order chi connectivity index (χ0) is 15.6. The maximum absolute atomic E-state index is 13.2. The highest BCUT2D eigenvalue weighted by atomic mass is 32.2. The molecule has 0 fully saturated rings. The third kappa shape index (κ3) is 3.09. The number of hydrogen-bond acceptors (Lipinski definition) is 5. The van der Waals surface area contributed by atoms with E-state index >= 15 is 0 Å². The lowest BCUT2D eigenvalue weighted by Gasteiger charge is -2.03. The van der Waals surface area contributed by atoms with Crippen LogP contribution in [0.1, 0.15) is 21.7 Å². The fourth-order valence-corrected chi connectivity index (χ4v) is 2.89. The van der Waals surface area contributed by atoms with Crippen LogP contribution in [0.5, 0.6) is 0 Å². The second kappa shape index (κ2) is 5.38. The van der Waals surface area contributed by atoms with Crippen LogP contribution in [-0.2, 0) is 15.6 Å². The van der Waals surface area contributed by atoms with Crippen LogP contribution in [0.25, 0.3) is 0 Å². The molecule has 0 radical (unpaired) electrons. The molecule has 0 atom stereocenters. The molecule has 0 bridgehead atoms. The average Bonchev–Trinajstić information content (AvgIpc) is 2.91. The fourth-order valence-electron chi connectivity index (χ4n) is 1.64. The molecule has 1 heterocycles. The molecule has 1 aromatic heterocycles. The number of carboxylic acid groups (broad SMARTS) is 1. The Morgan fingerprint density at radius 1 is 1.33 bits per heavy atom. The first-order chi connectivity index (χ1) is 9.83. The molecule has 2 rings (SSSR count). The molecule has 0 saturated heterocycles. The molecule has 0 spiro atoms. The summed E-state index contributed by atoms with van der Waals surface area (Å²) in [5.41, 5.74) is -0.0744. The van der Waals surface area contributed by atoms with Gasteiger partial charge in [0.15, 0.2) is 0 Å². The van der Waals surface area contributed by atoms with E-state index in [1.807, 2.05) is 0 Å². The molecule has 1 N–H and O–H groups in total. The van der Waals surface area contributed by atoms with Crippen LogP contribution in [0, 0.1) is 17.1 Å². The average molecular weight is 309 g/mol. The Morgan fingerprint density at radius 2 is 2.05 bits per heavy atom. The number of sulfone groups is 1. The van der Waals surface area contributed by atoms with Crippen molar-refractivity contribution in [3.05, 3.63) is 53.0 Å². The highest BCUT2D eigenvalue weighted by Crippen LogP contribution is 2.20. The van der Waals surface area contributed by atoms with Gasteiger partial charge in [-0.2, -0.15) is 5.26 Å². The van der Waals surface area contributed by atoms with Gasteiger partial charge in [0.05, 0.1) is 11.3 Å². The van der Waals surface area contributed by atoms with Crippen LogP contribution in [0.2, 0.25) is 0 Å². The predicted molar refractivity (Wildman–Crippen MR) is 67.7 cm³/mol. The topological polar surface area (TPSA) is 108 Å². The summed E-state index contributed by atoms with van der Waals surface area (Å²) in [6.07, 6.45) is 0. The SMILES string of the molecule is N#Cc1cc(CS(=O)(=O)c2ccc(C(=O)O)o2)ccc1F. The Labute approximate surface area is 119 Å². The maximum atomic E-state index is 13.2. The van der Waals surface area contributed by atoms with Crippen molar-refractivity contribution in [1.82, 2.24) is 0 Å². The summed E-state index contributed by atoms with van der Waals surface area (Å²) in [5.74, 6) is -3.16. The molecule has 2 aromatic rings. The second-order valence-electron chi connectivity index (χ2n) is 4.11. The standard InChI is InChI=1S/C13H8FNO5S/c14-10-2-1-8(5-9(10)6-15)7-21(18,19)12-4-3-11(20-12)13(16)17/h1-5H,7H2,(H,16,17). The van der Waals surface area contributed by atoms with Gasteiger partial charge in [-0.05, 0) is 29.8 Å². The van der Waals surface area contributed by atoms with E-state index in [1.54, 1.807) is 6.07 Å². The Hall–Kier alpha value is -2.66. The van der Waals surface area contributed by atoms with Crippen LogP contribution >= 0.6 is 0 Å². The summed E-state index contributed by atoms with van der Waals surface area (Å²) in [7, 11) is -3.93. The summed E-state index contributed by atoms with van der Waals surface area (Å²) in [5, 5.41) is 16.9. The number of nitriles is 1. The number of carboxylic acids is 1. The zero-order valence-corrected chi connectivity index (χ0v) is 11.2. The van der Waals surface area contributed by atoms with E-state index in [9.17, 15) is 17.6 Å². The molecule has 8 heteroatoms. The minimum atomic E-state index is -3.93. The van der Waals surface area contributed by atoms with Crippen LogP contribution < -0.4 is 0 Å². The van der Waals surface area contributed by atoms with Crippen molar-refractivity contribution >= 4 is 15.8 Å². The molecule has 21 heavy (non-hydrogen) atoms. The van der Waals surface area contributed by atoms with Crippen molar-refractivity contribution in [2.24, 2.45) is 0 Å². The summed E-state index contributed by atoms with van der Waals surface area (Å²) in [6.45, 7) is 0. The minimum Gasteiger partial charge on any atom is -0.475 e. The summed E-state index contributed by atoms with van der Waals surface area (Å²) < 4.78 is 42.0. The Kier molecular flexibility index (Phi) is 3.78. The Morgan fingerprint density at radius 3 is 2.62 bits per heavy atom. The minimum absolute atomic E-state index is 0.196. The number of aromatic carboxylic acids is 1. The molecule has 0 aliphatic heterocycles. The first kappa shape index (κ1) is 14.7. The summed E-state index contributed by atoms with van der Waals surface area (Å²) >= 11 is 0.